The predicted molar refractivity (Wildman–Crippen MR) is 82.1 cm³/mol. The SMILES string of the molecule is CN1CCCN(CCCOc2ccc(C(=O)O)cc2)CC1. The fourth-order valence-electron chi connectivity index (χ4n) is 2.50. The van der Waals surface area contributed by atoms with E-state index in [9.17, 15) is 4.79 Å². The van der Waals surface area contributed by atoms with E-state index in [1.165, 1.54) is 13.0 Å². The second-order valence-corrected chi connectivity index (χ2v) is 5.53. The Morgan fingerprint density at radius 2 is 1.95 bits per heavy atom. The molecule has 1 fully saturated rings. The van der Waals surface area contributed by atoms with Gasteiger partial charge in [0.2, 0.25) is 0 Å². The third kappa shape index (κ3) is 5.36. The first-order valence-electron chi connectivity index (χ1n) is 7.52. The van der Waals surface area contributed by atoms with Gasteiger partial charge in [-0.15, -0.1) is 0 Å². The van der Waals surface area contributed by atoms with Crippen molar-refractivity contribution in [1.29, 1.82) is 0 Å². The summed E-state index contributed by atoms with van der Waals surface area (Å²) in [6, 6.07) is 6.57. The van der Waals surface area contributed by atoms with Crippen LogP contribution in [0.5, 0.6) is 5.75 Å². The molecule has 5 heteroatoms. The van der Waals surface area contributed by atoms with Crippen molar-refractivity contribution in [2.24, 2.45) is 0 Å². The molecule has 5 nitrogen and oxygen atoms in total. The second kappa shape index (κ2) is 8.00. The summed E-state index contributed by atoms with van der Waals surface area (Å²) in [5.41, 5.74) is 0.288. The number of carboxylic acid groups (broad SMARTS) is 1. The maximum Gasteiger partial charge on any atom is 0.335 e. The quantitative estimate of drug-likeness (QED) is 0.810. The maximum atomic E-state index is 10.7. The summed E-state index contributed by atoms with van der Waals surface area (Å²) < 4.78 is 5.65. The number of rotatable bonds is 6. The molecule has 1 aliphatic heterocycles. The number of hydrogen-bond donors (Lipinski definition) is 1. The van der Waals surface area contributed by atoms with E-state index in [2.05, 4.69) is 16.8 Å². The molecule has 1 N–H and O–H groups in total. The van der Waals surface area contributed by atoms with Crippen LogP contribution in [0.15, 0.2) is 24.3 Å². The van der Waals surface area contributed by atoms with Crippen LogP contribution in [0.2, 0.25) is 0 Å². The number of carboxylic acids is 1. The van der Waals surface area contributed by atoms with Gasteiger partial charge in [0.05, 0.1) is 12.2 Å². The lowest BCUT2D eigenvalue weighted by Crippen LogP contribution is -2.30. The monoisotopic (exact) mass is 292 g/mol. The highest BCUT2D eigenvalue weighted by atomic mass is 16.5. The number of aromatic carboxylic acids is 1. The van der Waals surface area contributed by atoms with Crippen LogP contribution >= 0.6 is 0 Å². The van der Waals surface area contributed by atoms with E-state index >= 15 is 0 Å². The lowest BCUT2D eigenvalue weighted by atomic mass is 10.2. The molecule has 0 unspecified atom stereocenters. The molecule has 0 amide bonds. The highest BCUT2D eigenvalue weighted by molar-refractivity contribution is 5.87. The van der Waals surface area contributed by atoms with Gasteiger partial charge in [0.1, 0.15) is 5.75 Å². The van der Waals surface area contributed by atoms with Crippen LogP contribution in [-0.2, 0) is 0 Å². The van der Waals surface area contributed by atoms with Gasteiger partial charge in [-0.2, -0.15) is 0 Å². The molecule has 0 spiro atoms. The highest BCUT2D eigenvalue weighted by Gasteiger charge is 2.11. The van der Waals surface area contributed by atoms with Crippen LogP contribution in [0, 0.1) is 0 Å². The highest BCUT2D eigenvalue weighted by Crippen LogP contribution is 2.12. The molecule has 0 bridgehead atoms. The van der Waals surface area contributed by atoms with Crippen molar-refractivity contribution in [2.45, 2.75) is 12.8 Å². The Morgan fingerprint density at radius 1 is 1.19 bits per heavy atom. The van der Waals surface area contributed by atoms with E-state index in [1.54, 1.807) is 24.3 Å². The average molecular weight is 292 g/mol. The van der Waals surface area contributed by atoms with E-state index in [-0.39, 0.29) is 5.56 Å². The zero-order valence-corrected chi connectivity index (χ0v) is 12.6. The van der Waals surface area contributed by atoms with Crippen LogP contribution in [-0.4, -0.2) is 67.3 Å². The third-order valence-corrected chi connectivity index (χ3v) is 3.80. The van der Waals surface area contributed by atoms with Gasteiger partial charge in [0.25, 0.3) is 0 Å². The van der Waals surface area contributed by atoms with Gasteiger partial charge in [-0.05, 0) is 57.2 Å². The van der Waals surface area contributed by atoms with Crippen molar-refractivity contribution in [3.05, 3.63) is 29.8 Å². The topological polar surface area (TPSA) is 53.0 Å². The van der Waals surface area contributed by atoms with Crippen LogP contribution < -0.4 is 4.74 Å². The molecule has 116 valence electrons. The van der Waals surface area contributed by atoms with E-state index in [4.69, 9.17) is 9.84 Å². The van der Waals surface area contributed by atoms with Crippen molar-refractivity contribution in [3.63, 3.8) is 0 Å². The normalized spacial score (nSPS) is 17.4. The Bertz CT molecular complexity index is 447. The maximum absolute atomic E-state index is 10.7. The summed E-state index contributed by atoms with van der Waals surface area (Å²) in [5, 5.41) is 8.83. The van der Waals surface area contributed by atoms with Crippen molar-refractivity contribution < 1.29 is 14.6 Å². The van der Waals surface area contributed by atoms with Crippen molar-refractivity contribution in [1.82, 2.24) is 9.80 Å². The standard InChI is InChI=1S/C16H24N2O3/c1-17-8-2-9-18(12-11-17)10-3-13-21-15-6-4-14(5-7-15)16(19)20/h4-7H,2-3,8-13H2,1H3,(H,19,20). The molecule has 1 saturated heterocycles. The number of ether oxygens (including phenoxy) is 1. The Hall–Kier alpha value is -1.59. The number of likely N-dealkylation sites (N-methyl/N-ethyl adjacent to an activating group) is 1. The molecule has 0 atom stereocenters. The third-order valence-electron chi connectivity index (χ3n) is 3.80. The van der Waals surface area contributed by atoms with Crippen molar-refractivity contribution in [2.75, 3.05) is 46.4 Å². The van der Waals surface area contributed by atoms with Gasteiger partial charge in [-0.25, -0.2) is 4.79 Å². The predicted octanol–water partition coefficient (Wildman–Crippen LogP) is 1.79. The lowest BCUT2D eigenvalue weighted by molar-refractivity contribution is 0.0697. The minimum Gasteiger partial charge on any atom is -0.494 e. The minimum atomic E-state index is -0.910. The molecular weight excluding hydrogens is 268 g/mol. The summed E-state index contributed by atoms with van der Waals surface area (Å²) in [4.78, 5) is 15.6. The molecule has 0 aliphatic carbocycles. The Labute approximate surface area is 126 Å². The van der Waals surface area contributed by atoms with Gasteiger partial charge in [0.15, 0.2) is 0 Å². The molecule has 0 saturated carbocycles. The van der Waals surface area contributed by atoms with E-state index < -0.39 is 5.97 Å². The first-order chi connectivity index (χ1) is 10.1. The zero-order chi connectivity index (χ0) is 15.1. The minimum absolute atomic E-state index is 0.288. The van der Waals surface area contributed by atoms with Crippen molar-refractivity contribution >= 4 is 5.97 Å². The van der Waals surface area contributed by atoms with Gasteiger partial charge in [-0.1, -0.05) is 0 Å². The number of nitrogens with zero attached hydrogens (tertiary/aromatic N) is 2. The Morgan fingerprint density at radius 3 is 2.67 bits per heavy atom. The van der Waals surface area contributed by atoms with Crippen LogP contribution in [0.25, 0.3) is 0 Å². The van der Waals surface area contributed by atoms with Crippen LogP contribution in [0.4, 0.5) is 0 Å². The van der Waals surface area contributed by atoms with Gasteiger partial charge >= 0.3 is 5.97 Å². The molecular formula is C16H24N2O3. The van der Waals surface area contributed by atoms with Crippen LogP contribution in [0.1, 0.15) is 23.2 Å². The fourth-order valence-corrected chi connectivity index (χ4v) is 2.50. The summed E-state index contributed by atoms with van der Waals surface area (Å²) in [6.45, 7) is 6.34. The van der Waals surface area contributed by atoms with E-state index in [0.29, 0.717) is 6.61 Å². The zero-order valence-electron chi connectivity index (χ0n) is 12.6. The number of hydrogen-bond acceptors (Lipinski definition) is 4. The number of benzene rings is 1. The summed E-state index contributed by atoms with van der Waals surface area (Å²) >= 11 is 0. The lowest BCUT2D eigenvalue weighted by Gasteiger charge is -2.19. The van der Waals surface area contributed by atoms with E-state index in [1.807, 2.05) is 0 Å². The molecule has 21 heavy (non-hydrogen) atoms. The molecule has 0 aromatic heterocycles. The first-order valence-corrected chi connectivity index (χ1v) is 7.52. The first kappa shape index (κ1) is 15.8. The number of carbonyl (C=O) groups is 1. The average Bonchev–Trinajstić information content (AvgIpc) is 2.69. The van der Waals surface area contributed by atoms with Gasteiger partial charge in [0, 0.05) is 19.6 Å². The van der Waals surface area contributed by atoms with Gasteiger partial charge < -0.3 is 19.6 Å². The van der Waals surface area contributed by atoms with Gasteiger partial charge in [-0.3, -0.25) is 0 Å². The summed E-state index contributed by atoms with van der Waals surface area (Å²) in [5.74, 6) is -0.178. The smallest absolute Gasteiger partial charge is 0.335 e. The molecule has 2 rings (SSSR count). The Kier molecular flexibility index (Phi) is 6.02. The molecule has 1 heterocycles. The largest absolute Gasteiger partial charge is 0.494 e. The summed E-state index contributed by atoms with van der Waals surface area (Å²) in [7, 11) is 2.17. The van der Waals surface area contributed by atoms with Crippen LogP contribution in [0.3, 0.4) is 0 Å². The molecule has 1 aliphatic rings. The summed E-state index contributed by atoms with van der Waals surface area (Å²) in [6.07, 6.45) is 2.22. The molecule has 1 aromatic carbocycles. The Balaban J connectivity index is 1.66. The second-order valence-electron chi connectivity index (χ2n) is 5.53. The van der Waals surface area contributed by atoms with E-state index in [0.717, 1.165) is 38.3 Å². The van der Waals surface area contributed by atoms with Crippen molar-refractivity contribution in [3.8, 4) is 5.75 Å². The molecule has 1 aromatic rings. The fraction of sp³-hybridized carbons (Fsp3) is 0.562. The molecule has 0 radical (unpaired) electrons.